The molecule has 0 saturated carbocycles. The lowest BCUT2D eigenvalue weighted by Gasteiger charge is -2.47. The Hall–Kier alpha value is -2.30. The number of Topliss-reactive ketones (excluding diaryl/α,β-unsaturated/α-hetero) is 1. The fourth-order valence-electron chi connectivity index (χ4n) is 3.13. The van der Waals surface area contributed by atoms with Crippen molar-refractivity contribution in [1.29, 1.82) is 0 Å². The monoisotopic (exact) mass is 456 g/mol. The minimum Gasteiger partial charge on any atom is -0.484 e. The molecule has 0 spiro atoms. The van der Waals surface area contributed by atoms with Gasteiger partial charge in [0.25, 0.3) is 11.8 Å². The minimum absolute atomic E-state index is 0.00915. The van der Waals surface area contributed by atoms with Gasteiger partial charge in [0, 0.05) is 6.61 Å². The summed E-state index contributed by atoms with van der Waals surface area (Å²) in [6.07, 6.45) is 0.954. The zero-order chi connectivity index (χ0) is 21.7. The molecule has 0 radical (unpaired) electrons. The molecule has 9 nitrogen and oxygen atoms in total. The highest BCUT2D eigenvalue weighted by atomic mass is 35.5. The molecular weight excluding hydrogens is 436 g/mol. The molecule has 0 bridgehead atoms. The predicted molar refractivity (Wildman–Crippen MR) is 108 cm³/mol. The highest BCUT2D eigenvalue weighted by Crippen LogP contribution is 2.34. The Morgan fingerprint density at radius 2 is 2.07 bits per heavy atom. The molecule has 2 heterocycles. The Balaban J connectivity index is 1.58. The van der Waals surface area contributed by atoms with Gasteiger partial charge in [-0.05, 0) is 25.0 Å². The summed E-state index contributed by atoms with van der Waals surface area (Å²) in [5.41, 5.74) is -1.60. The smallest absolute Gasteiger partial charge is 0.342 e. The van der Waals surface area contributed by atoms with Crippen LogP contribution in [0.2, 0.25) is 0 Å². The molecule has 0 aromatic heterocycles. The Morgan fingerprint density at radius 1 is 1.33 bits per heavy atom. The number of rotatable bonds is 10. The van der Waals surface area contributed by atoms with Crippen molar-refractivity contribution < 1.29 is 33.8 Å². The summed E-state index contributed by atoms with van der Waals surface area (Å²) < 4.78 is 10.7. The van der Waals surface area contributed by atoms with E-state index in [0.29, 0.717) is 18.8 Å². The van der Waals surface area contributed by atoms with Crippen LogP contribution < -0.4 is 10.1 Å². The van der Waals surface area contributed by atoms with Crippen molar-refractivity contribution in [1.82, 2.24) is 10.2 Å². The van der Waals surface area contributed by atoms with Crippen molar-refractivity contribution in [3.05, 3.63) is 30.3 Å². The van der Waals surface area contributed by atoms with Gasteiger partial charge in [-0.1, -0.05) is 29.8 Å². The molecule has 1 aromatic carbocycles. The maximum Gasteiger partial charge on any atom is 0.342 e. The normalized spacial score (nSPS) is 24.1. The summed E-state index contributed by atoms with van der Waals surface area (Å²) in [5, 5.41) is 10.9. The van der Waals surface area contributed by atoms with Gasteiger partial charge in [-0.2, -0.15) is 0 Å². The summed E-state index contributed by atoms with van der Waals surface area (Å²) in [5.74, 6) is -2.21. The molecule has 2 aliphatic heterocycles. The number of ketones is 1. The Kier molecular flexibility index (Phi) is 7.57. The van der Waals surface area contributed by atoms with Gasteiger partial charge in [-0.15, -0.1) is 11.8 Å². The molecule has 2 saturated heterocycles. The fourth-order valence-corrected chi connectivity index (χ4v) is 4.70. The van der Waals surface area contributed by atoms with E-state index in [-0.39, 0.29) is 18.1 Å². The van der Waals surface area contributed by atoms with E-state index in [1.54, 1.807) is 30.3 Å². The van der Waals surface area contributed by atoms with Crippen LogP contribution in [-0.2, 0) is 23.9 Å². The number of nitrogens with one attached hydrogen (secondary N) is 1. The summed E-state index contributed by atoms with van der Waals surface area (Å²) >= 11 is 6.89. The number of benzene rings is 1. The molecule has 3 rings (SSSR count). The maximum absolute atomic E-state index is 12.4. The lowest BCUT2D eigenvalue weighted by atomic mass is 10.1. The van der Waals surface area contributed by atoms with Gasteiger partial charge < -0.3 is 19.9 Å². The van der Waals surface area contributed by atoms with Crippen LogP contribution in [-0.4, -0.2) is 75.6 Å². The standard InChI is InChI=1S/C19H21ClN2O7S/c20-16(19(26)27)22-17(25)15(18(22)30-10-12(23)13-7-4-8-28-13)21-14(24)9-29-11-5-2-1-3-6-11/h1-3,5-6,13,15-16,18H,4,7-10H2,(H,21,24)(H,26,27)/t13-,15-,16-,18-/m1/s1. The first-order valence-electron chi connectivity index (χ1n) is 9.30. The van der Waals surface area contributed by atoms with Gasteiger partial charge in [0.15, 0.2) is 12.4 Å². The minimum atomic E-state index is -1.60. The van der Waals surface area contributed by atoms with Crippen molar-refractivity contribution in [2.24, 2.45) is 0 Å². The average Bonchev–Trinajstić information content (AvgIpc) is 3.28. The van der Waals surface area contributed by atoms with Crippen molar-refractivity contribution >= 4 is 46.9 Å². The van der Waals surface area contributed by atoms with E-state index in [1.165, 1.54) is 0 Å². The van der Waals surface area contributed by atoms with Crippen molar-refractivity contribution in [3.63, 3.8) is 0 Å². The van der Waals surface area contributed by atoms with Gasteiger partial charge in [-0.3, -0.25) is 19.3 Å². The van der Waals surface area contributed by atoms with E-state index >= 15 is 0 Å². The van der Waals surface area contributed by atoms with Crippen LogP contribution in [0, 0.1) is 0 Å². The number of carboxylic acids is 1. The number of likely N-dealkylation sites (tertiary alicyclic amines) is 1. The number of para-hydroxylation sites is 1. The number of carbonyl (C=O) groups is 4. The topological polar surface area (TPSA) is 122 Å². The number of halogens is 1. The van der Waals surface area contributed by atoms with E-state index < -0.39 is 40.8 Å². The quantitative estimate of drug-likeness (QED) is 0.302. The highest BCUT2D eigenvalue weighted by Gasteiger charge is 2.53. The number of aliphatic carboxylic acids is 1. The molecule has 0 unspecified atom stereocenters. The predicted octanol–water partition coefficient (Wildman–Crippen LogP) is 0.849. The first-order valence-corrected chi connectivity index (χ1v) is 10.8. The molecule has 0 aliphatic carbocycles. The van der Waals surface area contributed by atoms with Gasteiger partial charge in [0.1, 0.15) is 23.3 Å². The van der Waals surface area contributed by atoms with Crippen LogP contribution in [0.25, 0.3) is 0 Å². The van der Waals surface area contributed by atoms with Crippen LogP contribution in [0.5, 0.6) is 5.75 Å². The number of amides is 2. The molecule has 2 amide bonds. The van der Waals surface area contributed by atoms with Gasteiger partial charge in [-0.25, -0.2) is 4.79 Å². The molecule has 2 aliphatic rings. The lowest BCUT2D eigenvalue weighted by molar-refractivity contribution is -0.157. The summed E-state index contributed by atoms with van der Waals surface area (Å²) in [7, 11) is 0. The van der Waals surface area contributed by atoms with Gasteiger partial charge in [0.05, 0.1) is 5.75 Å². The number of alkyl halides is 1. The van der Waals surface area contributed by atoms with Crippen LogP contribution in [0.4, 0.5) is 0 Å². The average molecular weight is 457 g/mol. The Bertz CT molecular complexity index is 803. The number of β-lactam (4-membered cyclic amide) rings is 1. The van der Waals surface area contributed by atoms with Crippen molar-refractivity contribution in [2.75, 3.05) is 19.0 Å². The molecule has 11 heteroatoms. The van der Waals surface area contributed by atoms with Crippen molar-refractivity contribution in [2.45, 2.75) is 35.9 Å². The van der Waals surface area contributed by atoms with E-state index in [9.17, 15) is 19.2 Å². The number of hydrogen-bond donors (Lipinski definition) is 2. The second kappa shape index (κ2) is 10.1. The van der Waals surface area contributed by atoms with Crippen LogP contribution >= 0.6 is 23.4 Å². The molecule has 2 fully saturated rings. The number of thioether (sulfide) groups is 1. The largest absolute Gasteiger partial charge is 0.484 e. The zero-order valence-electron chi connectivity index (χ0n) is 15.9. The van der Waals surface area contributed by atoms with Crippen LogP contribution in [0.1, 0.15) is 12.8 Å². The third-order valence-corrected chi connectivity index (χ3v) is 6.33. The number of carbonyl (C=O) groups excluding carboxylic acids is 3. The fraction of sp³-hybridized carbons (Fsp3) is 0.474. The first kappa shape index (κ1) is 22.4. The van der Waals surface area contributed by atoms with Gasteiger partial charge in [0.2, 0.25) is 5.50 Å². The molecule has 1 aromatic rings. The van der Waals surface area contributed by atoms with Gasteiger partial charge >= 0.3 is 5.97 Å². The molecular formula is C19H21ClN2O7S. The first-order chi connectivity index (χ1) is 14.4. The third-order valence-electron chi connectivity index (χ3n) is 4.64. The number of hydrogen-bond acceptors (Lipinski definition) is 7. The Morgan fingerprint density at radius 3 is 2.70 bits per heavy atom. The lowest BCUT2D eigenvalue weighted by Crippen LogP contribution is -2.72. The summed E-state index contributed by atoms with van der Waals surface area (Å²) in [4.78, 5) is 49.1. The maximum atomic E-state index is 12.4. The molecule has 30 heavy (non-hydrogen) atoms. The second-order valence-corrected chi connectivity index (χ2v) is 8.25. The highest BCUT2D eigenvalue weighted by molar-refractivity contribution is 8.00. The molecule has 162 valence electrons. The number of nitrogens with zero attached hydrogens (tertiary/aromatic N) is 1. The molecule has 2 N–H and O–H groups in total. The van der Waals surface area contributed by atoms with E-state index in [0.717, 1.165) is 23.1 Å². The SMILES string of the molecule is O=C(COc1ccccc1)N[C@@H]1C(=O)N([C@@H](Cl)C(=O)O)[C@@H]1SCC(=O)[C@H]1CCCO1. The van der Waals surface area contributed by atoms with E-state index in [4.69, 9.17) is 26.2 Å². The molecule has 4 atom stereocenters. The number of carboxylic acid groups (broad SMARTS) is 1. The zero-order valence-corrected chi connectivity index (χ0v) is 17.4. The second-order valence-electron chi connectivity index (χ2n) is 6.74. The van der Waals surface area contributed by atoms with Crippen LogP contribution in [0.3, 0.4) is 0 Å². The third kappa shape index (κ3) is 5.24. The van der Waals surface area contributed by atoms with Crippen LogP contribution in [0.15, 0.2) is 30.3 Å². The van der Waals surface area contributed by atoms with E-state index in [2.05, 4.69) is 5.32 Å². The Labute approximate surface area is 182 Å². The van der Waals surface area contributed by atoms with E-state index in [1.807, 2.05) is 0 Å². The summed E-state index contributed by atoms with van der Waals surface area (Å²) in [6, 6.07) is 7.68. The number of ether oxygens (including phenoxy) is 2. The van der Waals surface area contributed by atoms with Crippen molar-refractivity contribution in [3.8, 4) is 5.75 Å². The summed E-state index contributed by atoms with van der Waals surface area (Å²) in [6.45, 7) is 0.210.